The molecule has 2 aliphatic heterocycles. The molecule has 0 unspecified atom stereocenters. The summed E-state index contributed by atoms with van der Waals surface area (Å²) in [6, 6.07) is 3.61. The van der Waals surface area contributed by atoms with E-state index in [1.54, 1.807) is 10.6 Å². The van der Waals surface area contributed by atoms with E-state index in [1.807, 2.05) is 19.9 Å². The minimum atomic E-state index is -1.97. The van der Waals surface area contributed by atoms with Gasteiger partial charge >= 0.3 is 6.09 Å². The van der Waals surface area contributed by atoms with Gasteiger partial charge in [0.2, 0.25) is 0 Å². The van der Waals surface area contributed by atoms with Gasteiger partial charge in [-0.2, -0.15) is 5.10 Å². The van der Waals surface area contributed by atoms with Crippen LogP contribution in [0.4, 0.5) is 10.6 Å². The van der Waals surface area contributed by atoms with Gasteiger partial charge in [-0.1, -0.05) is 20.8 Å². The fraction of sp³-hybridized carbons (Fsp3) is 0.667. The van der Waals surface area contributed by atoms with E-state index in [0.717, 1.165) is 5.69 Å². The first kappa shape index (κ1) is 23.1. The first-order valence-corrected chi connectivity index (χ1v) is 13.7. The lowest BCUT2D eigenvalue weighted by Gasteiger charge is -2.37. The summed E-state index contributed by atoms with van der Waals surface area (Å²) in [6.45, 7) is 15.2. The Morgan fingerprint density at radius 2 is 1.97 bits per heavy atom. The monoisotopic (exact) mass is 464 g/mol. The number of nitrogens with one attached hydrogen (secondary N) is 1. The third kappa shape index (κ3) is 4.15. The molecule has 4 heterocycles. The minimum absolute atomic E-state index is 0.0822. The number of hydrogen-bond acceptors (Lipinski definition) is 7. The van der Waals surface area contributed by atoms with Crippen LogP contribution in [-0.2, 0) is 18.6 Å². The normalized spacial score (nSPS) is 27.6. The van der Waals surface area contributed by atoms with E-state index in [4.69, 9.17) is 23.7 Å². The van der Waals surface area contributed by atoms with Gasteiger partial charge in [-0.15, -0.1) is 0 Å². The number of ether oxygens (including phenoxy) is 3. The number of fused-ring (bicyclic) bond motifs is 2. The van der Waals surface area contributed by atoms with E-state index >= 15 is 0 Å². The Bertz CT molecular complexity index is 1020. The van der Waals surface area contributed by atoms with Crippen molar-refractivity contribution in [3.05, 3.63) is 24.2 Å². The molecular formula is C21H32N4O6Si. The molecule has 0 aromatic carbocycles. The Morgan fingerprint density at radius 1 is 1.28 bits per heavy atom. The molecule has 10 nitrogen and oxygen atoms in total. The van der Waals surface area contributed by atoms with Crippen LogP contribution in [0.25, 0.3) is 5.52 Å². The number of rotatable bonds is 5. The van der Waals surface area contributed by atoms with Crippen LogP contribution in [0.3, 0.4) is 0 Å². The second-order valence-corrected chi connectivity index (χ2v) is 15.1. The smallest absolute Gasteiger partial charge is 0.410 e. The number of carboxylic acid groups (broad SMARTS) is 1. The second kappa shape index (κ2) is 7.77. The summed E-state index contributed by atoms with van der Waals surface area (Å²) in [7, 11) is -1.97. The molecule has 2 aromatic rings. The lowest BCUT2D eigenvalue weighted by molar-refractivity contribution is -0.191. The zero-order valence-electron chi connectivity index (χ0n) is 19.6. The molecule has 11 heteroatoms. The predicted octanol–water partition coefficient (Wildman–Crippen LogP) is 3.80. The van der Waals surface area contributed by atoms with Crippen LogP contribution in [-0.4, -0.2) is 64.8 Å². The van der Waals surface area contributed by atoms with Gasteiger partial charge in [-0.05, 0) is 44.1 Å². The van der Waals surface area contributed by atoms with Gasteiger partial charge in [0.25, 0.3) is 0 Å². The van der Waals surface area contributed by atoms with Crippen molar-refractivity contribution >= 4 is 25.7 Å². The SMILES string of the molecule is CC1(C)O[C@@H]2[C@H](O1)[C@@H](CO[Si](C)(C)C(C)(C)C)O[C@H]2c1ccc2c(NC(=O)O)ncnn12. The highest BCUT2D eigenvalue weighted by Gasteiger charge is 2.56. The molecule has 0 aliphatic carbocycles. The maximum atomic E-state index is 11.1. The van der Waals surface area contributed by atoms with E-state index in [9.17, 15) is 4.79 Å². The maximum absolute atomic E-state index is 11.1. The standard InChI is InChI=1S/C21H32N4O6Si/c1-20(2,3)32(6,7)28-10-14-16-17(31-21(4,5)30-16)15(29-14)12-8-9-13-18(24-19(26)27)22-11-23-25(12)13/h8-9,11,14-17H,10H2,1-7H3,(H,26,27)(H,22,23,24)/t14-,15+,16-,17+/m1/s1. The van der Waals surface area contributed by atoms with Crippen molar-refractivity contribution in [3.63, 3.8) is 0 Å². The third-order valence-corrected chi connectivity index (χ3v) is 11.1. The van der Waals surface area contributed by atoms with Crippen molar-refractivity contribution in [2.24, 2.45) is 0 Å². The first-order chi connectivity index (χ1) is 14.8. The van der Waals surface area contributed by atoms with Crippen molar-refractivity contribution in [3.8, 4) is 0 Å². The number of hydrogen-bond donors (Lipinski definition) is 2. The number of nitrogens with zero attached hydrogens (tertiary/aromatic N) is 3. The summed E-state index contributed by atoms with van der Waals surface area (Å²) in [5.41, 5.74) is 1.27. The molecule has 4 atom stereocenters. The van der Waals surface area contributed by atoms with Crippen molar-refractivity contribution in [1.29, 1.82) is 0 Å². The van der Waals surface area contributed by atoms with Crippen LogP contribution >= 0.6 is 0 Å². The van der Waals surface area contributed by atoms with Gasteiger partial charge < -0.3 is 23.7 Å². The Kier molecular flexibility index (Phi) is 5.61. The Hall–Kier alpha value is -2.05. The number of amides is 1. The second-order valence-electron chi connectivity index (χ2n) is 10.3. The molecule has 4 rings (SSSR count). The molecule has 0 saturated carbocycles. The first-order valence-electron chi connectivity index (χ1n) is 10.8. The summed E-state index contributed by atoms with van der Waals surface area (Å²) in [5, 5.41) is 15.8. The molecule has 2 aromatic heterocycles. The van der Waals surface area contributed by atoms with Gasteiger partial charge in [0.1, 0.15) is 36.3 Å². The molecule has 32 heavy (non-hydrogen) atoms. The van der Waals surface area contributed by atoms with Crippen molar-refractivity contribution < 1.29 is 28.5 Å². The summed E-state index contributed by atoms with van der Waals surface area (Å²) in [6.07, 6.45) is -1.27. The minimum Gasteiger partial charge on any atom is -0.465 e. The van der Waals surface area contributed by atoms with E-state index in [2.05, 4.69) is 49.3 Å². The lowest BCUT2D eigenvalue weighted by atomic mass is 10.1. The highest BCUT2D eigenvalue weighted by atomic mass is 28.4. The largest absolute Gasteiger partial charge is 0.465 e. The number of anilines is 1. The van der Waals surface area contributed by atoms with Gasteiger partial charge in [-0.25, -0.2) is 14.3 Å². The molecular weight excluding hydrogens is 432 g/mol. The Morgan fingerprint density at radius 3 is 2.62 bits per heavy atom. The highest BCUT2D eigenvalue weighted by Crippen LogP contribution is 2.46. The Labute approximate surface area is 188 Å². The molecule has 1 amide bonds. The quantitative estimate of drug-likeness (QED) is 0.642. The molecule has 0 radical (unpaired) electrons. The van der Waals surface area contributed by atoms with E-state index < -0.39 is 26.3 Å². The van der Waals surface area contributed by atoms with Gasteiger partial charge in [0.05, 0.1) is 12.3 Å². The van der Waals surface area contributed by atoms with E-state index in [-0.39, 0.29) is 29.2 Å². The van der Waals surface area contributed by atoms with Gasteiger partial charge in [0.15, 0.2) is 19.9 Å². The lowest BCUT2D eigenvalue weighted by Crippen LogP contribution is -2.44. The van der Waals surface area contributed by atoms with Crippen LogP contribution in [0.2, 0.25) is 18.1 Å². The van der Waals surface area contributed by atoms with Crippen LogP contribution in [0.1, 0.15) is 46.4 Å². The zero-order chi connectivity index (χ0) is 23.5. The highest BCUT2D eigenvalue weighted by molar-refractivity contribution is 6.74. The molecule has 0 bridgehead atoms. The molecule has 0 spiro atoms. The average molecular weight is 465 g/mol. The summed E-state index contributed by atoms with van der Waals surface area (Å²) in [4.78, 5) is 15.1. The Balaban J connectivity index is 1.63. The maximum Gasteiger partial charge on any atom is 0.410 e. The molecule has 2 fully saturated rings. The topological polar surface area (TPSA) is 116 Å². The van der Waals surface area contributed by atoms with E-state index in [0.29, 0.717) is 12.1 Å². The van der Waals surface area contributed by atoms with Crippen molar-refractivity contribution in [2.75, 3.05) is 11.9 Å². The molecule has 2 aliphatic rings. The van der Waals surface area contributed by atoms with Gasteiger partial charge in [-0.3, -0.25) is 5.32 Å². The molecule has 176 valence electrons. The zero-order valence-corrected chi connectivity index (χ0v) is 20.6. The molecule has 2 saturated heterocycles. The number of aromatic nitrogens is 3. The predicted molar refractivity (Wildman–Crippen MR) is 119 cm³/mol. The van der Waals surface area contributed by atoms with Crippen LogP contribution in [0.15, 0.2) is 18.5 Å². The van der Waals surface area contributed by atoms with Gasteiger partial charge in [0, 0.05) is 0 Å². The fourth-order valence-electron chi connectivity index (χ4n) is 3.93. The summed E-state index contributed by atoms with van der Waals surface area (Å²) < 4.78 is 26.9. The third-order valence-electron chi connectivity index (χ3n) is 6.56. The number of carbonyl (C=O) groups is 1. The van der Waals surface area contributed by atoms with Crippen LogP contribution in [0.5, 0.6) is 0 Å². The summed E-state index contributed by atoms with van der Waals surface area (Å²) >= 11 is 0. The average Bonchev–Trinajstić information content (AvgIpc) is 3.30. The van der Waals surface area contributed by atoms with E-state index in [1.165, 1.54) is 6.33 Å². The summed E-state index contributed by atoms with van der Waals surface area (Å²) in [5.74, 6) is -0.542. The van der Waals surface area contributed by atoms with Crippen molar-refractivity contribution in [1.82, 2.24) is 14.6 Å². The van der Waals surface area contributed by atoms with Crippen LogP contribution < -0.4 is 5.32 Å². The molecule has 2 N–H and O–H groups in total. The fourth-order valence-corrected chi connectivity index (χ4v) is 4.94. The van der Waals surface area contributed by atoms with Crippen LogP contribution in [0, 0.1) is 0 Å². The van der Waals surface area contributed by atoms with Crippen molar-refractivity contribution in [2.45, 2.75) is 83.0 Å².